The van der Waals surface area contributed by atoms with Crippen LogP contribution >= 0.6 is 0 Å². The molecule has 106 valence electrons. The zero-order valence-corrected chi connectivity index (χ0v) is 12.0. The van der Waals surface area contributed by atoms with Gasteiger partial charge in [-0.3, -0.25) is 4.79 Å². The molecule has 2 rings (SSSR count). The van der Waals surface area contributed by atoms with Gasteiger partial charge in [0.15, 0.2) is 5.78 Å². The lowest BCUT2D eigenvalue weighted by atomic mass is 9.80. The highest BCUT2D eigenvalue weighted by atomic mass is 16.5. The predicted octanol–water partition coefficient (Wildman–Crippen LogP) is 4.03. The van der Waals surface area contributed by atoms with Crippen molar-refractivity contribution in [3.63, 3.8) is 0 Å². The highest BCUT2D eigenvalue weighted by Gasteiger charge is 2.34. The van der Waals surface area contributed by atoms with Gasteiger partial charge in [-0.1, -0.05) is 36.4 Å². The van der Waals surface area contributed by atoms with E-state index < -0.39 is 0 Å². The summed E-state index contributed by atoms with van der Waals surface area (Å²) in [5, 5.41) is 0. The zero-order chi connectivity index (χ0) is 14.4. The molecule has 1 aromatic carbocycles. The molecule has 1 aliphatic rings. The van der Waals surface area contributed by atoms with Crippen LogP contribution in [0.5, 0.6) is 0 Å². The van der Waals surface area contributed by atoms with Crippen LogP contribution in [0.1, 0.15) is 31.7 Å². The number of hydrogen-bond acceptors (Lipinski definition) is 2. The Hall–Kier alpha value is -1.67. The number of ketones is 1. The summed E-state index contributed by atoms with van der Waals surface area (Å²) in [6.07, 6.45) is 6.24. The molecule has 2 heteroatoms. The van der Waals surface area contributed by atoms with Gasteiger partial charge in [0.05, 0.1) is 0 Å². The number of hydrogen-bond donors (Lipinski definition) is 0. The van der Waals surface area contributed by atoms with Crippen LogP contribution in [0.2, 0.25) is 0 Å². The molecule has 0 heterocycles. The lowest BCUT2D eigenvalue weighted by Gasteiger charge is -2.30. The predicted molar refractivity (Wildman–Crippen MR) is 82.4 cm³/mol. The van der Waals surface area contributed by atoms with Gasteiger partial charge >= 0.3 is 0 Å². The van der Waals surface area contributed by atoms with E-state index in [1.165, 1.54) is 0 Å². The Morgan fingerprint density at radius 2 is 2.10 bits per heavy atom. The van der Waals surface area contributed by atoms with Gasteiger partial charge < -0.3 is 4.74 Å². The van der Waals surface area contributed by atoms with E-state index >= 15 is 0 Å². The largest absolute Gasteiger partial charge is 0.370 e. The van der Waals surface area contributed by atoms with E-state index in [0.717, 1.165) is 30.4 Å². The Labute approximate surface area is 121 Å². The number of carbonyl (C=O) groups is 1. The second kappa shape index (κ2) is 7.20. The molecule has 0 aliphatic heterocycles. The van der Waals surface area contributed by atoms with Crippen LogP contribution < -0.4 is 0 Å². The Morgan fingerprint density at radius 3 is 2.75 bits per heavy atom. The van der Waals surface area contributed by atoms with Crippen LogP contribution in [0.4, 0.5) is 0 Å². The van der Waals surface area contributed by atoms with Crippen LogP contribution in [0.15, 0.2) is 48.6 Å². The minimum atomic E-state index is -0.304. The van der Waals surface area contributed by atoms with E-state index in [1.54, 1.807) is 0 Å². The third-order valence-electron chi connectivity index (χ3n) is 3.74. The lowest BCUT2D eigenvalue weighted by Crippen LogP contribution is -2.37. The molecule has 0 spiro atoms. The van der Waals surface area contributed by atoms with Crippen LogP contribution in [-0.4, -0.2) is 18.5 Å². The Kier molecular flexibility index (Phi) is 5.31. The van der Waals surface area contributed by atoms with E-state index in [0.29, 0.717) is 6.61 Å². The van der Waals surface area contributed by atoms with Crippen molar-refractivity contribution in [3.8, 4) is 0 Å². The highest BCUT2D eigenvalue weighted by molar-refractivity contribution is 6.03. The number of ether oxygens (including phenoxy) is 1. The summed E-state index contributed by atoms with van der Waals surface area (Å²) in [5.41, 5.74) is 1.96. The fraction of sp³-hybridized carbons (Fsp3) is 0.389. The Balaban J connectivity index is 2.19. The first-order valence-corrected chi connectivity index (χ1v) is 7.28. The summed E-state index contributed by atoms with van der Waals surface area (Å²) in [6.45, 7) is 6.29. The molecular formula is C18H22O2. The molecule has 0 saturated heterocycles. The van der Waals surface area contributed by atoms with E-state index in [9.17, 15) is 4.79 Å². The first-order chi connectivity index (χ1) is 9.76. The summed E-state index contributed by atoms with van der Waals surface area (Å²) < 4.78 is 5.69. The highest BCUT2D eigenvalue weighted by Crippen LogP contribution is 2.31. The van der Waals surface area contributed by atoms with Gasteiger partial charge in [0.1, 0.15) is 6.10 Å². The third-order valence-corrected chi connectivity index (χ3v) is 3.74. The Bertz CT molecular complexity index is 487. The fourth-order valence-electron chi connectivity index (χ4n) is 2.75. The second-order valence-electron chi connectivity index (χ2n) is 5.14. The normalized spacial score (nSPS) is 24.9. The minimum Gasteiger partial charge on any atom is -0.370 e. The smallest absolute Gasteiger partial charge is 0.187 e. The number of allylic oxidation sites excluding steroid dienone is 1. The first kappa shape index (κ1) is 14.7. The summed E-state index contributed by atoms with van der Waals surface area (Å²) in [5.74, 6) is 0.418. The minimum absolute atomic E-state index is 0.147. The van der Waals surface area contributed by atoms with Crippen LogP contribution in [0.3, 0.4) is 0 Å². The van der Waals surface area contributed by atoms with Gasteiger partial charge in [-0.2, -0.15) is 0 Å². The summed E-state index contributed by atoms with van der Waals surface area (Å²) in [6, 6.07) is 9.99. The molecule has 2 nitrogen and oxygen atoms in total. The maximum Gasteiger partial charge on any atom is 0.187 e. The van der Waals surface area contributed by atoms with Crippen molar-refractivity contribution in [2.24, 2.45) is 5.92 Å². The molecule has 2 atom stereocenters. The Morgan fingerprint density at radius 1 is 1.35 bits per heavy atom. The van der Waals surface area contributed by atoms with Crippen molar-refractivity contribution in [1.82, 2.24) is 0 Å². The second-order valence-corrected chi connectivity index (χ2v) is 5.14. The van der Waals surface area contributed by atoms with E-state index in [1.807, 2.05) is 49.4 Å². The van der Waals surface area contributed by atoms with Gasteiger partial charge in [0.2, 0.25) is 0 Å². The monoisotopic (exact) mass is 270 g/mol. The maximum atomic E-state index is 12.6. The van der Waals surface area contributed by atoms with Crippen molar-refractivity contribution >= 4 is 11.9 Å². The third kappa shape index (κ3) is 3.45. The van der Waals surface area contributed by atoms with E-state index in [-0.39, 0.29) is 17.8 Å². The van der Waals surface area contributed by atoms with Crippen LogP contribution in [0.25, 0.3) is 6.08 Å². The molecule has 1 aliphatic carbocycles. The molecule has 0 amide bonds. The van der Waals surface area contributed by atoms with Gasteiger partial charge in [-0.15, -0.1) is 6.58 Å². The fourth-order valence-corrected chi connectivity index (χ4v) is 2.75. The molecule has 1 fully saturated rings. The van der Waals surface area contributed by atoms with Crippen molar-refractivity contribution in [1.29, 1.82) is 0 Å². The molecule has 0 unspecified atom stereocenters. The molecule has 0 radical (unpaired) electrons. The summed E-state index contributed by atoms with van der Waals surface area (Å²) in [7, 11) is 0. The number of Topliss-reactive ketones (excluding diaryl/α,β-unsaturated/α-hetero) is 1. The van der Waals surface area contributed by atoms with Crippen LogP contribution in [0, 0.1) is 5.92 Å². The van der Waals surface area contributed by atoms with E-state index in [2.05, 4.69) is 6.58 Å². The zero-order valence-electron chi connectivity index (χ0n) is 12.0. The standard InChI is InChI=1S/C18H22O2/c1-3-8-15-11-12-16(17(19)18(15)20-4-2)13-14-9-6-5-7-10-14/h3,5-7,9-10,13,15,18H,1,4,8,11-12H2,2H3/b16-13+/t15-,18-/m0/s1. The lowest BCUT2D eigenvalue weighted by molar-refractivity contribution is -0.132. The van der Waals surface area contributed by atoms with Gasteiger partial charge in [0, 0.05) is 6.61 Å². The van der Waals surface area contributed by atoms with Crippen LogP contribution in [-0.2, 0) is 9.53 Å². The molecular weight excluding hydrogens is 248 g/mol. The topological polar surface area (TPSA) is 26.3 Å². The maximum absolute atomic E-state index is 12.6. The summed E-state index contributed by atoms with van der Waals surface area (Å²) >= 11 is 0. The number of carbonyl (C=O) groups excluding carboxylic acids is 1. The van der Waals surface area contributed by atoms with Crippen molar-refractivity contribution in [3.05, 3.63) is 54.1 Å². The molecule has 1 aromatic rings. The molecule has 1 saturated carbocycles. The SMILES string of the molecule is C=CC[C@H]1CC/C(=C\c2ccccc2)C(=O)[C@H]1OCC. The first-order valence-electron chi connectivity index (χ1n) is 7.28. The molecule has 20 heavy (non-hydrogen) atoms. The van der Waals surface area contributed by atoms with E-state index in [4.69, 9.17) is 4.74 Å². The van der Waals surface area contributed by atoms with Gasteiger partial charge in [-0.25, -0.2) is 0 Å². The average molecular weight is 270 g/mol. The van der Waals surface area contributed by atoms with Crippen molar-refractivity contribution in [2.75, 3.05) is 6.61 Å². The number of rotatable bonds is 5. The molecule has 0 bridgehead atoms. The quantitative estimate of drug-likeness (QED) is 0.596. The number of benzene rings is 1. The molecule has 0 aromatic heterocycles. The van der Waals surface area contributed by atoms with Crippen molar-refractivity contribution in [2.45, 2.75) is 32.3 Å². The van der Waals surface area contributed by atoms with Gasteiger partial charge in [0.25, 0.3) is 0 Å². The van der Waals surface area contributed by atoms with Crippen molar-refractivity contribution < 1.29 is 9.53 Å². The summed E-state index contributed by atoms with van der Waals surface area (Å²) in [4.78, 5) is 12.6. The average Bonchev–Trinajstić information content (AvgIpc) is 2.47. The molecule has 0 N–H and O–H groups in total. The van der Waals surface area contributed by atoms with Gasteiger partial charge in [-0.05, 0) is 49.3 Å².